The molecule has 0 bridgehead atoms. The SMILES string of the molecule is CC(C)(C)OC(=O)C(NC1CCCC1)S(=O)(=O)c1ccccn1. The Kier molecular flexibility index (Phi) is 5.41. The van der Waals surface area contributed by atoms with Crippen LogP contribution >= 0.6 is 0 Å². The molecule has 2 rings (SSSR count). The van der Waals surface area contributed by atoms with Crippen molar-refractivity contribution in [1.29, 1.82) is 0 Å². The van der Waals surface area contributed by atoms with Crippen molar-refractivity contribution in [1.82, 2.24) is 10.3 Å². The van der Waals surface area contributed by atoms with E-state index >= 15 is 0 Å². The van der Waals surface area contributed by atoms with E-state index < -0.39 is 26.8 Å². The molecule has 7 heteroatoms. The number of hydrogen-bond donors (Lipinski definition) is 1. The molecular weight excluding hydrogens is 316 g/mol. The summed E-state index contributed by atoms with van der Waals surface area (Å²) in [5.41, 5.74) is -0.758. The Bertz CT molecular complexity index is 632. The largest absolute Gasteiger partial charge is 0.458 e. The molecule has 1 aliphatic rings. The highest BCUT2D eigenvalue weighted by atomic mass is 32.2. The van der Waals surface area contributed by atoms with E-state index in [1.165, 1.54) is 12.3 Å². The number of hydrogen-bond acceptors (Lipinski definition) is 6. The predicted octanol–water partition coefficient (Wildman–Crippen LogP) is 2.06. The second-order valence-electron chi connectivity index (χ2n) is 6.77. The normalized spacial score (nSPS) is 17.9. The third-order valence-corrected chi connectivity index (χ3v) is 5.38. The summed E-state index contributed by atoms with van der Waals surface area (Å²) < 4.78 is 31.0. The summed E-state index contributed by atoms with van der Waals surface area (Å²) in [4.78, 5) is 16.4. The standard InChI is InChI=1S/C16H24N2O4S/c1-16(2,3)22-15(19)14(18-12-8-4-5-9-12)23(20,21)13-10-6-7-11-17-13/h6-7,10-12,14,18H,4-5,8-9H2,1-3H3. The topological polar surface area (TPSA) is 85.4 Å². The number of aromatic nitrogens is 1. The number of pyridine rings is 1. The summed E-state index contributed by atoms with van der Waals surface area (Å²) in [5, 5.41) is 1.42. The number of esters is 1. The first-order valence-electron chi connectivity index (χ1n) is 7.84. The van der Waals surface area contributed by atoms with E-state index in [4.69, 9.17) is 4.74 Å². The van der Waals surface area contributed by atoms with Crippen molar-refractivity contribution in [3.8, 4) is 0 Å². The van der Waals surface area contributed by atoms with Crippen LogP contribution in [0.15, 0.2) is 29.4 Å². The lowest BCUT2D eigenvalue weighted by Crippen LogP contribution is -2.50. The van der Waals surface area contributed by atoms with E-state index in [1.807, 2.05) is 0 Å². The van der Waals surface area contributed by atoms with Crippen LogP contribution in [0.2, 0.25) is 0 Å². The molecule has 0 aliphatic heterocycles. The summed E-state index contributed by atoms with van der Waals surface area (Å²) in [7, 11) is -3.96. The van der Waals surface area contributed by atoms with E-state index in [-0.39, 0.29) is 11.1 Å². The first-order chi connectivity index (χ1) is 10.7. The minimum atomic E-state index is -3.96. The molecule has 6 nitrogen and oxygen atoms in total. The fourth-order valence-corrected chi connectivity index (χ4v) is 3.97. The summed E-state index contributed by atoms with van der Waals surface area (Å²) in [6.45, 7) is 5.14. The van der Waals surface area contributed by atoms with Crippen molar-refractivity contribution < 1.29 is 17.9 Å². The molecule has 1 atom stereocenters. The maximum atomic E-state index is 12.8. The molecule has 1 unspecified atom stereocenters. The van der Waals surface area contributed by atoms with Crippen LogP contribution in [-0.4, -0.2) is 36.4 Å². The second kappa shape index (κ2) is 6.97. The van der Waals surface area contributed by atoms with E-state index in [0.29, 0.717) is 0 Å². The van der Waals surface area contributed by atoms with Crippen molar-refractivity contribution in [2.75, 3.05) is 0 Å². The van der Waals surface area contributed by atoms with Gasteiger partial charge in [0.2, 0.25) is 15.2 Å². The summed E-state index contributed by atoms with van der Waals surface area (Å²) in [6, 6.07) is 4.61. The Hall–Kier alpha value is -1.47. The van der Waals surface area contributed by atoms with Crippen LogP contribution in [0, 0.1) is 0 Å². The van der Waals surface area contributed by atoms with Gasteiger partial charge in [-0.2, -0.15) is 0 Å². The molecule has 1 saturated carbocycles. The first-order valence-corrected chi connectivity index (χ1v) is 9.38. The molecular formula is C16H24N2O4S. The zero-order valence-corrected chi connectivity index (χ0v) is 14.6. The zero-order chi connectivity index (χ0) is 17.1. The van der Waals surface area contributed by atoms with Gasteiger partial charge in [-0.15, -0.1) is 0 Å². The number of carbonyl (C=O) groups excluding carboxylic acids is 1. The minimum Gasteiger partial charge on any atom is -0.458 e. The molecule has 1 aliphatic carbocycles. The van der Waals surface area contributed by atoms with E-state index in [1.54, 1.807) is 32.9 Å². The molecule has 0 saturated heterocycles. The van der Waals surface area contributed by atoms with Gasteiger partial charge in [-0.05, 0) is 45.7 Å². The average Bonchev–Trinajstić information content (AvgIpc) is 2.96. The quantitative estimate of drug-likeness (QED) is 0.826. The number of rotatable bonds is 5. The lowest BCUT2D eigenvalue weighted by molar-refractivity contribution is -0.155. The highest BCUT2D eigenvalue weighted by molar-refractivity contribution is 7.92. The van der Waals surface area contributed by atoms with Crippen LogP contribution in [-0.2, 0) is 19.4 Å². The number of nitrogens with one attached hydrogen (secondary N) is 1. The van der Waals surface area contributed by atoms with Gasteiger partial charge in [0.1, 0.15) is 5.60 Å². The second-order valence-corrected chi connectivity index (χ2v) is 8.75. The van der Waals surface area contributed by atoms with Crippen LogP contribution < -0.4 is 5.32 Å². The smallest absolute Gasteiger partial charge is 0.340 e. The van der Waals surface area contributed by atoms with Gasteiger partial charge < -0.3 is 4.74 Å². The maximum Gasteiger partial charge on any atom is 0.340 e. The fraction of sp³-hybridized carbons (Fsp3) is 0.625. The van der Waals surface area contributed by atoms with Crippen LogP contribution in [0.25, 0.3) is 0 Å². The number of ether oxygens (including phenoxy) is 1. The molecule has 0 amide bonds. The van der Waals surface area contributed by atoms with Crippen molar-refractivity contribution in [3.63, 3.8) is 0 Å². The first kappa shape index (κ1) is 17.9. The Balaban J connectivity index is 2.30. The number of sulfone groups is 1. The molecule has 0 aromatic carbocycles. The van der Waals surface area contributed by atoms with Gasteiger partial charge in [-0.25, -0.2) is 18.2 Å². The molecule has 128 valence electrons. The van der Waals surface area contributed by atoms with E-state index in [0.717, 1.165) is 25.7 Å². The fourth-order valence-electron chi connectivity index (χ4n) is 2.58. The zero-order valence-electron chi connectivity index (χ0n) is 13.8. The van der Waals surface area contributed by atoms with Crippen molar-refractivity contribution in [3.05, 3.63) is 24.4 Å². The lowest BCUT2D eigenvalue weighted by atomic mass is 10.2. The Labute approximate surface area is 137 Å². The molecule has 23 heavy (non-hydrogen) atoms. The number of carbonyl (C=O) groups is 1. The molecule has 0 radical (unpaired) electrons. The number of nitrogens with zero attached hydrogens (tertiary/aromatic N) is 1. The third kappa shape index (κ3) is 4.75. The maximum absolute atomic E-state index is 12.8. The highest BCUT2D eigenvalue weighted by Gasteiger charge is 2.39. The molecule has 1 aromatic rings. The Morgan fingerprint density at radius 3 is 2.48 bits per heavy atom. The van der Waals surface area contributed by atoms with Crippen LogP contribution in [0.3, 0.4) is 0 Å². The van der Waals surface area contributed by atoms with Crippen LogP contribution in [0.4, 0.5) is 0 Å². The summed E-state index contributed by atoms with van der Waals surface area (Å²) in [5.74, 6) is -0.782. The Morgan fingerprint density at radius 1 is 1.30 bits per heavy atom. The van der Waals surface area contributed by atoms with Crippen molar-refractivity contribution in [2.24, 2.45) is 0 Å². The predicted molar refractivity (Wildman–Crippen MR) is 86.4 cm³/mol. The molecule has 1 fully saturated rings. The molecule has 1 aromatic heterocycles. The van der Waals surface area contributed by atoms with E-state index in [2.05, 4.69) is 10.3 Å². The van der Waals surface area contributed by atoms with Gasteiger partial charge in [0.25, 0.3) is 0 Å². The average molecular weight is 340 g/mol. The van der Waals surface area contributed by atoms with E-state index in [9.17, 15) is 13.2 Å². The summed E-state index contributed by atoms with van der Waals surface area (Å²) >= 11 is 0. The van der Waals surface area contributed by atoms with Gasteiger partial charge in [0.05, 0.1) is 0 Å². The minimum absolute atomic E-state index is 0.00556. The van der Waals surface area contributed by atoms with Crippen LogP contribution in [0.5, 0.6) is 0 Å². The van der Waals surface area contributed by atoms with Gasteiger partial charge in [-0.3, -0.25) is 5.32 Å². The van der Waals surface area contributed by atoms with Crippen molar-refractivity contribution in [2.45, 2.75) is 68.5 Å². The van der Waals surface area contributed by atoms with Crippen molar-refractivity contribution >= 4 is 15.8 Å². The van der Waals surface area contributed by atoms with Crippen LogP contribution in [0.1, 0.15) is 46.5 Å². The Morgan fingerprint density at radius 2 is 1.96 bits per heavy atom. The van der Waals surface area contributed by atoms with Gasteiger partial charge in [0, 0.05) is 12.2 Å². The monoisotopic (exact) mass is 340 g/mol. The summed E-state index contributed by atoms with van der Waals surface area (Å²) in [6.07, 6.45) is 5.17. The van der Waals surface area contributed by atoms with Gasteiger partial charge in [-0.1, -0.05) is 18.9 Å². The molecule has 1 heterocycles. The highest BCUT2D eigenvalue weighted by Crippen LogP contribution is 2.22. The third-order valence-electron chi connectivity index (χ3n) is 3.60. The van der Waals surface area contributed by atoms with Gasteiger partial charge >= 0.3 is 5.97 Å². The lowest BCUT2D eigenvalue weighted by Gasteiger charge is -2.26. The molecule has 0 spiro atoms. The molecule has 1 N–H and O–H groups in total. The van der Waals surface area contributed by atoms with Gasteiger partial charge in [0.15, 0.2) is 5.03 Å².